The van der Waals surface area contributed by atoms with Crippen molar-refractivity contribution in [2.75, 3.05) is 15.6 Å². The number of hydrogen-bond donors (Lipinski definition) is 6. The average molecular weight is 768 g/mol. The van der Waals surface area contributed by atoms with Crippen LogP contribution in [-0.2, 0) is 39.9 Å². The molecule has 0 spiro atoms. The van der Waals surface area contributed by atoms with Crippen molar-refractivity contribution in [1.82, 2.24) is 15.0 Å². The number of carbonyl (C=O) groups excluding carboxylic acids is 1. The van der Waals surface area contributed by atoms with Gasteiger partial charge in [0.2, 0.25) is 23.2 Å². The summed E-state index contributed by atoms with van der Waals surface area (Å²) in [6, 6.07) is 9.95. The molecule has 1 atom stereocenters. The van der Waals surface area contributed by atoms with Crippen molar-refractivity contribution in [2.45, 2.75) is 20.7 Å². The number of azo groups is 1. The number of carboxylic acids is 1. The number of anilines is 5. The Morgan fingerprint density at radius 3 is 1.80 bits per heavy atom. The van der Waals surface area contributed by atoms with E-state index in [4.69, 9.17) is 16.2 Å². The van der Waals surface area contributed by atoms with Gasteiger partial charge >= 0.3 is 5.97 Å². The molecule has 50 heavy (non-hydrogen) atoms. The van der Waals surface area contributed by atoms with Crippen molar-refractivity contribution in [3.8, 4) is 0 Å². The first-order valence-corrected chi connectivity index (χ1v) is 17.8. The first kappa shape index (κ1) is 35.8. The van der Waals surface area contributed by atoms with Crippen LogP contribution < -0.4 is 15.6 Å². The Hall–Kier alpha value is -5.50. The number of aromatic nitrogens is 3. The number of hydrazone groups is 1. The van der Waals surface area contributed by atoms with Gasteiger partial charge in [0.05, 0.1) is 15.5 Å². The number of carboxylic acid groups (broad SMARTS) is 1. The Labute approximate surface area is 285 Å². The van der Waals surface area contributed by atoms with Crippen LogP contribution in [0.3, 0.4) is 0 Å². The summed E-state index contributed by atoms with van der Waals surface area (Å²) in [6.07, 6.45) is 0. The fourth-order valence-corrected chi connectivity index (χ4v) is 5.82. The lowest BCUT2D eigenvalue weighted by Gasteiger charge is -2.12. The summed E-state index contributed by atoms with van der Waals surface area (Å²) in [7, 11) is -14.0. The maximum atomic E-state index is 13.1. The van der Waals surface area contributed by atoms with E-state index in [9.17, 15) is 49.1 Å². The largest absolute Gasteiger partial charge is 0.477 e. The highest BCUT2D eigenvalue weighted by molar-refractivity contribution is 7.86. The number of hydrogen-bond acceptors (Lipinski definition) is 16. The van der Waals surface area contributed by atoms with Crippen LogP contribution in [0.5, 0.6) is 0 Å². The molecule has 0 bridgehead atoms. The number of rotatable bonds is 11. The Kier molecular flexibility index (Phi) is 9.61. The Balaban J connectivity index is 1.42. The summed E-state index contributed by atoms with van der Waals surface area (Å²) < 4.78 is 97.5. The Morgan fingerprint density at radius 2 is 1.28 bits per heavy atom. The molecule has 1 aliphatic rings. The zero-order valence-corrected chi connectivity index (χ0v) is 27.4. The van der Waals surface area contributed by atoms with Crippen LogP contribution in [0, 0.1) is 0 Å². The quantitative estimate of drug-likeness (QED) is 0.0943. The first-order chi connectivity index (χ1) is 23.3. The molecule has 6 N–H and O–H groups in total. The van der Waals surface area contributed by atoms with Crippen molar-refractivity contribution in [2.24, 2.45) is 15.3 Å². The van der Waals surface area contributed by atoms with Gasteiger partial charge in [0.15, 0.2) is 5.71 Å². The van der Waals surface area contributed by atoms with Crippen LogP contribution in [-0.4, -0.2) is 82.6 Å². The average Bonchev–Trinajstić information content (AvgIpc) is 3.34. The highest BCUT2D eigenvalue weighted by atomic mass is 35.5. The van der Waals surface area contributed by atoms with Gasteiger partial charge in [0.1, 0.15) is 10.6 Å². The molecule has 5 rings (SSSR count). The van der Waals surface area contributed by atoms with E-state index in [2.05, 4.69) is 40.9 Å². The lowest BCUT2D eigenvalue weighted by Crippen LogP contribution is -2.33. The summed E-state index contributed by atoms with van der Waals surface area (Å²) in [5.41, 5.74) is -1.23. The Bertz CT molecular complexity index is 2430. The van der Waals surface area contributed by atoms with E-state index in [-0.39, 0.29) is 39.1 Å². The van der Waals surface area contributed by atoms with Crippen molar-refractivity contribution in [3.05, 3.63) is 72.0 Å². The molecule has 0 unspecified atom stereocenters. The van der Waals surface area contributed by atoms with Gasteiger partial charge in [0, 0.05) is 11.4 Å². The van der Waals surface area contributed by atoms with Crippen LogP contribution >= 0.6 is 11.6 Å². The topological polar surface area (TPSA) is 321 Å². The van der Waals surface area contributed by atoms with Gasteiger partial charge in [-0.05, 0) is 78.3 Å². The van der Waals surface area contributed by atoms with E-state index in [0.29, 0.717) is 5.01 Å². The molecule has 1 aliphatic heterocycles. The minimum atomic E-state index is -4.96. The molecule has 0 saturated heterocycles. The smallest absolute Gasteiger partial charge is 0.355 e. The lowest BCUT2D eigenvalue weighted by molar-refractivity contribution is -0.130. The number of carbonyl (C=O) groups is 2. The predicted octanol–water partition coefficient (Wildman–Crippen LogP) is 2.69. The van der Waals surface area contributed by atoms with Crippen LogP contribution in [0.25, 0.3) is 0 Å². The minimum absolute atomic E-state index is 0.0162. The second-order valence-corrected chi connectivity index (χ2v) is 14.3. The molecule has 260 valence electrons. The highest BCUT2D eigenvalue weighted by Crippen LogP contribution is 2.31. The second-order valence-electron chi connectivity index (χ2n) is 9.69. The molecule has 1 amide bonds. The third-order valence-electron chi connectivity index (χ3n) is 6.30. The van der Waals surface area contributed by atoms with Crippen molar-refractivity contribution < 1.29 is 53.6 Å². The molecule has 21 nitrogen and oxygen atoms in total. The van der Waals surface area contributed by atoms with Gasteiger partial charge in [-0.2, -0.15) is 60.5 Å². The normalized spacial score (nSPS) is 15.3. The van der Waals surface area contributed by atoms with E-state index in [0.717, 1.165) is 54.6 Å². The summed E-state index contributed by atoms with van der Waals surface area (Å²) in [6.45, 7) is 0. The van der Waals surface area contributed by atoms with E-state index >= 15 is 0 Å². The molecule has 0 fully saturated rings. The van der Waals surface area contributed by atoms with E-state index < -0.39 is 69.5 Å². The summed E-state index contributed by atoms with van der Waals surface area (Å²) in [4.78, 5) is 35.3. The number of aliphatic carboxylic acids is 1. The molecule has 2 heterocycles. The van der Waals surface area contributed by atoms with Gasteiger partial charge in [-0.25, -0.2) is 4.79 Å². The lowest BCUT2D eigenvalue weighted by atomic mass is 10.2. The molecule has 25 heteroatoms. The molecule has 0 radical (unpaired) electrons. The summed E-state index contributed by atoms with van der Waals surface area (Å²) in [5, 5.41) is 26.5. The van der Waals surface area contributed by atoms with Gasteiger partial charge in [-0.15, -0.1) is 0 Å². The van der Waals surface area contributed by atoms with Crippen LogP contribution in [0.2, 0.25) is 5.28 Å². The SMILES string of the molecule is O=C(O)C1=NN(c2ccc(S(=O)(=O)O)cc2)C(=O)[C@@H]1N=Nc1cc(Nc2nc(Cl)nc(Nc3ccc(S(=O)(=O)O)cc3)n2)ccc1S(=O)(=O)O. The highest BCUT2D eigenvalue weighted by Gasteiger charge is 2.41. The third-order valence-corrected chi connectivity index (χ3v) is 9.10. The number of amides is 1. The van der Waals surface area contributed by atoms with Gasteiger partial charge < -0.3 is 15.7 Å². The molecular formula is C25H18ClN9O12S3. The molecule has 0 saturated carbocycles. The summed E-state index contributed by atoms with van der Waals surface area (Å²) >= 11 is 6.01. The fourth-order valence-electron chi connectivity index (χ4n) is 4.09. The predicted molar refractivity (Wildman–Crippen MR) is 171 cm³/mol. The maximum absolute atomic E-state index is 13.1. The molecule has 1 aromatic heterocycles. The monoisotopic (exact) mass is 767 g/mol. The molecule has 4 aromatic rings. The molecular weight excluding hydrogens is 750 g/mol. The van der Waals surface area contributed by atoms with Crippen LogP contribution in [0.4, 0.5) is 34.6 Å². The zero-order valence-electron chi connectivity index (χ0n) is 24.2. The zero-order chi connectivity index (χ0) is 36.6. The fraction of sp³-hybridized carbons (Fsp3) is 0.0400. The van der Waals surface area contributed by atoms with Crippen molar-refractivity contribution in [3.63, 3.8) is 0 Å². The van der Waals surface area contributed by atoms with Crippen molar-refractivity contribution in [1.29, 1.82) is 0 Å². The second kappa shape index (κ2) is 13.4. The summed E-state index contributed by atoms with van der Waals surface area (Å²) in [5.74, 6) is -3.14. The van der Waals surface area contributed by atoms with Gasteiger partial charge in [0.25, 0.3) is 36.3 Å². The van der Waals surface area contributed by atoms with E-state index in [1.54, 1.807) is 0 Å². The Morgan fingerprint density at radius 1 is 0.760 bits per heavy atom. The number of nitrogens with zero attached hydrogens (tertiary/aromatic N) is 7. The van der Waals surface area contributed by atoms with Crippen LogP contribution in [0.15, 0.2) is 96.7 Å². The van der Waals surface area contributed by atoms with Gasteiger partial charge in [-0.1, -0.05) is 0 Å². The van der Waals surface area contributed by atoms with Crippen molar-refractivity contribution >= 4 is 94.2 Å². The minimum Gasteiger partial charge on any atom is -0.477 e. The molecule has 3 aromatic carbocycles. The third kappa shape index (κ3) is 8.20. The van der Waals surface area contributed by atoms with Gasteiger partial charge in [-0.3, -0.25) is 18.5 Å². The van der Waals surface area contributed by atoms with Crippen LogP contribution in [0.1, 0.15) is 0 Å². The molecule has 0 aliphatic carbocycles. The number of nitrogens with one attached hydrogen (secondary N) is 2. The van der Waals surface area contributed by atoms with E-state index in [1.165, 1.54) is 12.1 Å². The first-order valence-electron chi connectivity index (χ1n) is 13.1. The van der Waals surface area contributed by atoms with E-state index in [1.807, 2.05) is 0 Å². The number of benzene rings is 3. The standard InChI is InChI=1S/C25H18ClN9O12S3/c26-23-29-24(27-12-1-6-15(7-2-12)48(39,40)41)31-25(30-23)28-13-3-10-18(50(45,46)47)17(11-13)32-33-19-20(22(37)38)34-35(21(19)36)14-4-8-16(9-5-14)49(42,43)44/h1-11,19H,(H,37,38)(H,39,40,41)(H,42,43,44)(H,45,46,47)(H2,27,28,29,30,31)/t19-/m1/s1. The number of halogens is 1. The maximum Gasteiger partial charge on any atom is 0.355 e.